The third-order valence-electron chi connectivity index (χ3n) is 3.81. The van der Waals surface area contributed by atoms with Crippen molar-refractivity contribution in [3.05, 3.63) is 56.0 Å². The van der Waals surface area contributed by atoms with Gasteiger partial charge < -0.3 is 19.9 Å². The van der Waals surface area contributed by atoms with Crippen molar-refractivity contribution in [2.45, 2.75) is 6.92 Å². The Labute approximate surface area is 181 Å². The molecule has 1 aliphatic heterocycles. The van der Waals surface area contributed by atoms with Gasteiger partial charge in [-0.2, -0.15) is 4.99 Å². The fraction of sp³-hybridized carbons (Fsp3) is 0.200. The van der Waals surface area contributed by atoms with Crippen LogP contribution in [0.3, 0.4) is 0 Å². The Morgan fingerprint density at radius 2 is 1.89 bits per heavy atom. The highest BCUT2D eigenvalue weighted by Gasteiger charge is 2.20. The number of methoxy groups -OCH3 is 1. The highest BCUT2D eigenvalue weighted by atomic mass is 127. The van der Waals surface area contributed by atoms with E-state index in [0.29, 0.717) is 29.6 Å². The number of amides is 1. The van der Waals surface area contributed by atoms with E-state index in [1.54, 1.807) is 13.2 Å². The second-order valence-electron chi connectivity index (χ2n) is 5.91. The first-order chi connectivity index (χ1) is 13.5. The fourth-order valence-electron chi connectivity index (χ4n) is 2.48. The molecule has 28 heavy (non-hydrogen) atoms. The lowest BCUT2D eigenvalue weighted by Crippen LogP contribution is -2.10. The van der Waals surface area contributed by atoms with Crippen LogP contribution in [-0.4, -0.2) is 31.4 Å². The van der Waals surface area contributed by atoms with Crippen LogP contribution in [-0.2, 0) is 4.79 Å². The van der Waals surface area contributed by atoms with Crippen molar-refractivity contribution in [2.24, 2.45) is 10.7 Å². The van der Waals surface area contributed by atoms with E-state index in [9.17, 15) is 4.79 Å². The van der Waals surface area contributed by atoms with E-state index in [0.717, 1.165) is 26.6 Å². The van der Waals surface area contributed by atoms with Gasteiger partial charge in [-0.1, -0.05) is 17.7 Å². The molecule has 0 atom stereocenters. The summed E-state index contributed by atoms with van der Waals surface area (Å²) in [6.45, 7) is 2.82. The van der Waals surface area contributed by atoms with E-state index < -0.39 is 0 Å². The number of hydrogen-bond acceptors (Lipinski definition) is 6. The average Bonchev–Trinajstić information content (AvgIpc) is 2.98. The molecule has 0 saturated heterocycles. The maximum Gasteiger partial charge on any atom is 0.286 e. The number of rotatable bonds is 7. The molecule has 2 N–H and O–H groups in total. The number of thioether (sulfide) groups is 1. The van der Waals surface area contributed by atoms with Crippen LogP contribution in [0, 0.1) is 10.5 Å². The van der Waals surface area contributed by atoms with Gasteiger partial charge in [0.1, 0.15) is 19.0 Å². The zero-order valence-corrected chi connectivity index (χ0v) is 18.4. The first-order valence-corrected chi connectivity index (χ1v) is 10.3. The molecule has 0 aromatic heterocycles. The van der Waals surface area contributed by atoms with Crippen LogP contribution in [0.1, 0.15) is 11.1 Å². The van der Waals surface area contributed by atoms with Crippen LogP contribution >= 0.6 is 34.4 Å². The third-order valence-corrected chi connectivity index (χ3v) is 5.42. The zero-order chi connectivity index (χ0) is 20.1. The predicted molar refractivity (Wildman–Crippen MR) is 120 cm³/mol. The van der Waals surface area contributed by atoms with E-state index in [2.05, 4.69) is 27.6 Å². The minimum Gasteiger partial charge on any atom is -0.493 e. The fourth-order valence-corrected chi connectivity index (χ4v) is 3.94. The molecule has 3 rings (SSSR count). The Bertz CT molecular complexity index is 942. The summed E-state index contributed by atoms with van der Waals surface area (Å²) in [4.78, 5) is 16.0. The number of carbonyl (C=O) groups excluding carboxylic acids is 1. The minimum absolute atomic E-state index is 0.256. The van der Waals surface area contributed by atoms with E-state index in [-0.39, 0.29) is 11.1 Å². The van der Waals surface area contributed by atoms with Crippen LogP contribution in [0.4, 0.5) is 0 Å². The Morgan fingerprint density at radius 1 is 1.18 bits per heavy atom. The number of amidine groups is 1. The summed E-state index contributed by atoms with van der Waals surface area (Å²) in [5, 5.41) is 0.256. The number of benzene rings is 2. The van der Waals surface area contributed by atoms with Crippen molar-refractivity contribution >= 4 is 51.5 Å². The van der Waals surface area contributed by atoms with E-state index in [4.69, 9.17) is 19.9 Å². The zero-order valence-electron chi connectivity index (χ0n) is 15.4. The summed E-state index contributed by atoms with van der Waals surface area (Å²) in [5.74, 6) is 1.69. The Morgan fingerprint density at radius 3 is 2.54 bits per heavy atom. The summed E-state index contributed by atoms with van der Waals surface area (Å²) < 4.78 is 17.9. The van der Waals surface area contributed by atoms with Gasteiger partial charge in [-0.25, -0.2) is 0 Å². The van der Waals surface area contributed by atoms with Gasteiger partial charge >= 0.3 is 0 Å². The molecule has 1 amide bonds. The summed E-state index contributed by atoms with van der Waals surface area (Å²) in [5.41, 5.74) is 7.59. The van der Waals surface area contributed by atoms with Gasteiger partial charge in [-0.3, -0.25) is 4.79 Å². The molecule has 0 fully saturated rings. The first-order valence-electron chi connectivity index (χ1n) is 8.44. The Balaban J connectivity index is 1.65. The summed E-state index contributed by atoms with van der Waals surface area (Å²) in [6, 6.07) is 11.6. The van der Waals surface area contributed by atoms with Crippen molar-refractivity contribution < 1.29 is 19.0 Å². The Kier molecular flexibility index (Phi) is 6.84. The van der Waals surface area contributed by atoms with E-state index >= 15 is 0 Å². The molecule has 8 heteroatoms. The van der Waals surface area contributed by atoms with Crippen LogP contribution < -0.4 is 19.9 Å². The number of aryl methyl sites for hydroxylation is 1. The summed E-state index contributed by atoms with van der Waals surface area (Å²) in [7, 11) is 1.58. The van der Waals surface area contributed by atoms with Gasteiger partial charge in [-0.15, -0.1) is 0 Å². The molecule has 2 aromatic rings. The predicted octanol–water partition coefficient (Wildman–Crippen LogP) is 4.00. The van der Waals surface area contributed by atoms with Crippen molar-refractivity contribution in [1.29, 1.82) is 0 Å². The van der Waals surface area contributed by atoms with Gasteiger partial charge in [0.15, 0.2) is 16.7 Å². The topological polar surface area (TPSA) is 83.1 Å². The number of nitrogens with zero attached hydrogens (tertiary/aromatic N) is 1. The summed E-state index contributed by atoms with van der Waals surface area (Å²) >= 11 is 3.33. The standard InChI is InChI=1S/C20H19IN2O4S/c1-12-3-5-14(6-4-12)26-7-8-27-18-15(21)9-13(10-16(18)25-2)11-17-19(24)23-20(22)28-17/h3-6,9-11H,7-8H2,1-2H3,(H2,22,23,24)/b17-11+. The van der Waals surface area contributed by atoms with Crippen LogP contribution in [0.2, 0.25) is 0 Å². The van der Waals surface area contributed by atoms with E-state index in [1.807, 2.05) is 43.3 Å². The summed E-state index contributed by atoms with van der Waals surface area (Å²) in [6.07, 6.45) is 1.74. The molecule has 0 unspecified atom stereocenters. The number of carbonyl (C=O) groups is 1. The smallest absolute Gasteiger partial charge is 0.286 e. The highest BCUT2D eigenvalue weighted by Crippen LogP contribution is 2.36. The molecule has 0 bridgehead atoms. The van der Waals surface area contributed by atoms with Crippen molar-refractivity contribution in [3.8, 4) is 17.2 Å². The Hall–Kier alpha value is -2.20. The largest absolute Gasteiger partial charge is 0.493 e. The number of nitrogens with two attached hydrogens (primary N) is 1. The van der Waals surface area contributed by atoms with Crippen LogP contribution in [0.15, 0.2) is 46.3 Å². The van der Waals surface area contributed by atoms with E-state index in [1.165, 1.54) is 5.56 Å². The molecule has 1 aliphatic rings. The van der Waals surface area contributed by atoms with Gasteiger partial charge in [0, 0.05) is 0 Å². The molecule has 6 nitrogen and oxygen atoms in total. The van der Waals surface area contributed by atoms with Crippen molar-refractivity contribution in [2.75, 3.05) is 20.3 Å². The van der Waals surface area contributed by atoms with Gasteiger partial charge in [0.05, 0.1) is 15.6 Å². The average molecular weight is 510 g/mol. The van der Waals surface area contributed by atoms with Gasteiger partial charge in [-0.05, 0) is 77.2 Å². The molecule has 0 radical (unpaired) electrons. The molecule has 0 aliphatic carbocycles. The lowest BCUT2D eigenvalue weighted by atomic mass is 10.2. The second kappa shape index (κ2) is 9.33. The lowest BCUT2D eigenvalue weighted by Gasteiger charge is -2.14. The maximum atomic E-state index is 11.8. The lowest BCUT2D eigenvalue weighted by molar-refractivity contribution is -0.113. The molecular weight excluding hydrogens is 491 g/mol. The van der Waals surface area contributed by atoms with Crippen molar-refractivity contribution in [3.63, 3.8) is 0 Å². The molecule has 1 heterocycles. The van der Waals surface area contributed by atoms with Crippen LogP contribution in [0.5, 0.6) is 17.2 Å². The van der Waals surface area contributed by atoms with Crippen molar-refractivity contribution in [1.82, 2.24) is 0 Å². The maximum absolute atomic E-state index is 11.8. The number of halogens is 1. The molecular formula is C20H19IN2O4S. The van der Waals surface area contributed by atoms with Gasteiger partial charge in [0.25, 0.3) is 5.91 Å². The normalized spacial score (nSPS) is 14.9. The SMILES string of the molecule is COc1cc(/C=C2/SC(N)=NC2=O)cc(I)c1OCCOc1ccc(C)cc1. The minimum atomic E-state index is -0.329. The monoisotopic (exact) mass is 510 g/mol. The highest BCUT2D eigenvalue weighted by molar-refractivity contribution is 14.1. The number of ether oxygens (including phenoxy) is 3. The number of hydrogen-bond donors (Lipinski definition) is 1. The van der Waals surface area contributed by atoms with Crippen LogP contribution in [0.25, 0.3) is 6.08 Å². The second-order valence-corrected chi connectivity index (χ2v) is 8.13. The molecule has 2 aromatic carbocycles. The molecule has 0 saturated carbocycles. The third kappa shape index (κ3) is 5.20. The van der Waals surface area contributed by atoms with Gasteiger partial charge in [0.2, 0.25) is 0 Å². The first kappa shape index (κ1) is 20.5. The molecule has 0 spiro atoms. The molecule has 146 valence electrons. The number of aliphatic imine (C=N–C) groups is 1. The quantitative estimate of drug-likeness (QED) is 0.345.